The van der Waals surface area contributed by atoms with E-state index in [1.54, 1.807) is 11.3 Å². The topological polar surface area (TPSA) is 58.6 Å². The van der Waals surface area contributed by atoms with E-state index in [1.807, 2.05) is 24.3 Å². The third kappa shape index (κ3) is 7.81. The molecule has 4 nitrogen and oxygen atoms in total. The molecule has 32 heavy (non-hydrogen) atoms. The van der Waals surface area contributed by atoms with E-state index < -0.39 is 5.97 Å². The third-order valence-electron chi connectivity index (χ3n) is 5.80. The second kappa shape index (κ2) is 12.4. The fourth-order valence-corrected chi connectivity index (χ4v) is 4.50. The van der Waals surface area contributed by atoms with Gasteiger partial charge in [0.1, 0.15) is 5.75 Å². The molecule has 5 heteroatoms. The number of ether oxygens (including phenoxy) is 1. The van der Waals surface area contributed by atoms with Crippen LogP contribution in [0.15, 0.2) is 59.3 Å². The maximum Gasteiger partial charge on any atom is 0.304 e. The van der Waals surface area contributed by atoms with Crippen molar-refractivity contribution in [2.75, 3.05) is 13.2 Å². The zero-order chi connectivity index (χ0) is 22.8. The van der Waals surface area contributed by atoms with Gasteiger partial charge in [-0.3, -0.25) is 4.79 Å². The van der Waals surface area contributed by atoms with Crippen LogP contribution in [0, 0.1) is 13.8 Å². The van der Waals surface area contributed by atoms with E-state index in [0.29, 0.717) is 25.6 Å². The summed E-state index contributed by atoms with van der Waals surface area (Å²) in [5, 5.41) is 16.3. The summed E-state index contributed by atoms with van der Waals surface area (Å²) in [6, 6.07) is 17.1. The zero-order valence-electron chi connectivity index (χ0n) is 19.0. The van der Waals surface area contributed by atoms with Gasteiger partial charge in [0.05, 0.1) is 13.0 Å². The standard InChI is InChI=1S/C27H33NO3S/c1-20-5-6-23(16-21(20)2)17-24(25-12-15-32-19-25)4-3-14-31-26-9-7-22(8-10-26)18-28-13-11-27(29)30/h5-10,12,15-16,19,24,28H,3-4,11,13-14,17-18H2,1-2H3,(H,29,30). The van der Waals surface area contributed by atoms with Crippen LogP contribution in [-0.2, 0) is 17.8 Å². The van der Waals surface area contributed by atoms with Gasteiger partial charge in [-0.05, 0) is 95.8 Å². The lowest BCUT2D eigenvalue weighted by Crippen LogP contribution is -2.17. The summed E-state index contributed by atoms with van der Waals surface area (Å²) in [6.45, 7) is 6.18. The summed E-state index contributed by atoms with van der Waals surface area (Å²) < 4.78 is 5.98. The fraction of sp³-hybridized carbons (Fsp3) is 0.370. The highest BCUT2D eigenvalue weighted by Crippen LogP contribution is 2.28. The highest BCUT2D eigenvalue weighted by atomic mass is 32.1. The molecule has 0 aliphatic carbocycles. The molecule has 0 radical (unpaired) electrons. The molecule has 1 atom stereocenters. The molecule has 1 heterocycles. The summed E-state index contributed by atoms with van der Waals surface area (Å²) in [5.41, 5.74) is 6.64. The summed E-state index contributed by atoms with van der Waals surface area (Å²) in [7, 11) is 0. The number of carboxylic acids is 1. The molecule has 0 fully saturated rings. The first-order valence-electron chi connectivity index (χ1n) is 11.2. The third-order valence-corrected chi connectivity index (χ3v) is 6.50. The van der Waals surface area contributed by atoms with Crippen LogP contribution in [-0.4, -0.2) is 24.2 Å². The Bertz CT molecular complexity index is 967. The number of aliphatic carboxylic acids is 1. The molecule has 0 saturated carbocycles. The summed E-state index contributed by atoms with van der Waals surface area (Å²) >= 11 is 1.76. The second-order valence-electron chi connectivity index (χ2n) is 8.33. The minimum absolute atomic E-state index is 0.136. The van der Waals surface area contributed by atoms with Crippen LogP contribution >= 0.6 is 11.3 Å². The molecule has 0 saturated heterocycles. The molecular weight excluding hydrogens is 418 g/mol. The van der Waals surface area contributed by atoms with Gasteiger partial charge in [-0.25, -0.2) is 0 Å². The molecule has 0 aliphatic rings. The Balaban J connectivity index is 1.45. The maximum atomic E-state index is 10.6. The van der Waals surface area contributed by atoms with Crippen LogP contribution < -0.4 is 10.1 Å². The molecule has 3 rings (SSSR count). The summed E-state index contributed by atoms with van der Waals surface area (Å²) in [5.74, 6) is 0.600. The van der Waals surface area contributed by atoms with Crippen LogP contribution in [0.4, 0.5) is 0 Å². The van der Waals surface area contributed by atoms with Gasteiger partial charge in [-0.2, -0.15) is 11.3 Å². The van der Waals surface area contributed by atoms with Crippen molar-refractivity contribution in [3.05, 3.63) is 87.1 Å². The number of nitrogens with one attached hydrogen (secondary N) is 1. The van der Waals surface area contributed by atoms with Gasteiger partial charge < -0.3 is 15.2 Å². The fourth-order valence-electron chi connectivity index (χ4n) is 3.76. The summed E-state index contributed by atoms with van der Waals surface area (Å²) in [4.78, 5) is 10.6. The first kappa shape index (κ1) is 24.0. The van der Waals surface area contributed by atoms with Crippen LogP contribution in [0.2, 0.25) is 0 Å². The van der Waals surface area contributed by atoms with E-state index in [1.165, 1.54) is 22.3 Å². The van der Waals surface area contributed by atoms with E-state index in [-0.39, 0.29) is 6.42 Å². The minimum Gasteiger partial charge on any atom is -0.494 e. The second-order valence-corrected chi connectivity index (χ2v) is 9.11. The predicted molar refractivity (Wildman–Crippen MR) is 132 cm³/mol. The van der Waals surface area contributed by atoms with Crippen LogP contribution in [0.5, 0.6) is 5.75 Å². The average Bonchev–Trinajstić information content (AvgIpc) is 3.31. The molecule has 170 valence electrons. The lowest BCUT2D eigenvalue weighted by Gasteiger charge is -2.17. The van der Waals surface area contributed by atoms with Crippen molar-refractivity contribution in [1.29, 1.82) is 0 Å². The number of hydrogen-bond acceptors (Lipinski definition) is 4. The first-order valence-corrected chi connectivity index (χ1v) is 12.2. The number of carbonyl (C=O) groups is 1. The number of thiophene rings is 1. The number of aryl methyl sites for hydroxylation is 2. The van der Waals surface area contributed by atoms with Crippen LogP contribution in [0.25, 0.3) is 0 Å². The van der Waals surface area contributed by atoms with Crippen LogP contribution in [0.1, 0.15) is 53.0 Å². The normalized spacial score (nSPS) is 11.9. The van der Waals surface area contributed by atoms with Crippen molar-refractivity contribution in [1.82, 2.24) is 5.32 Å². The van der Waals surface area contributed by atoms with Crippen LogP contribution in [0.3, 0.4) is 0 Å². The Morgan fingerprint density at radius 3 is 2.53 bits per heavy atom. The van der Waals surface area contributed by atoms with E-state index in [0.717, 1.165) is 30.6 Å². The Labute approximate surface area is 195 Å². The van der Waals surface area contributed by atoms with E-state index in [2.05, 4.69) is 54.2 Å². The molecule has 0 amide bonds. The van der Waals surface area contributed by atoms with Crippen molar-refractivity contribution >= 4 is 17.3 Å². The SMILES string of the molecule is Cc1ccc(CC(CCCOc2ccc(CNCCC(=O)O)cc2)c2ccsc2)cc1C. The van der Waals surface area contributed by atoms with Crippen molar-refractivity contribution < 1.29 is 14.6 Å². The molecule has 1 unspecified atom stereocenters. The Hall–Kier alpha value is -2.63. The number of carboxylic acid groups (broad SMARTS) is 1. The Kier molecular flexibility index (Phi) is 9.32. The molecule has 0 aliphatic heterocycles. The Morgan fingerprint density at radius 2 is 1.84 bits per heavy atom. The first-order chi connectivity index (χ1) is 15.5. The van der Waals surface area contributed by atoms with Gasteiger partial charge in [-0.1, -0.05) is 30.3 Å². The summed E-state index contributed by atoms with van der Waals surface area (Å²) in [6.07, 6.45) is 3.29. The van der Waals surface area contributed by atoms with Gasteiger partial charge in [0, 0.05) is 13.1 Å². The molecule has 3 aromatic rings. The van der Waals surface area contributed by atoms with Gasteiger partial charge in [0.25, 0.3) is 0 Å². The Morgan fingerprint density at radius 1 is 1.06 bits per heavy atom. The lowest BCUT2D eigenvalue weighted by atomic mass is 9.89. The highest BCUT2D eigenvalue weighted by Gasteiger charge is 2.13. The van der Waals surface area contributed by atoms with Crippen molar-refractivity contribution in [3.63, 3.8) is 0 Å². The number of rotatable bonds is 13. The molecule has 2 N–H and O–H groups in total. The lowest BCUT2D eigenvalue weighted by molar-refractivity contribution is -0.136. The molecule has 0 bridgehead atoms. The van der Waals surface area contributed by atoms with Gasteiger partial charge >= 0.3 is 5.97 Å². The smallest absolute Gasteiger partial charge is 0.304 e. The van der Waals surface area contributed by atoms with E-state index in [4.69, 9.17) is 9.84 Å². The molecule has 0 spiro atoms. The maximum absolute atomic E-state index is 10.6. The van der Waals surface area contributed by atoms with Crippen molar-refractivity contribution in [3.8, 4) is 5.75 Å². The largest absolute Gasteiger partial charge is 0.494 e. The van der Waals surface area contributed by atoms with E-state index in [9.17, 15) is 4.79 Å². The van der Waals surface area contributed by atoms with Gasteiger partial charge in [0.2, 0.25) is 0 Å². The molecule has 2 aromatic carbocycles. The quantitative estimate of drug-likeness (QED) is 0.308. The molecular formula is C27H33NO3S. The zero-order valence-corrected chi connectivity index (χ0v) is 19.8. The van der Waals surface area contributed by atoms with Gasteiger partial charge in [0.15, 0.2) is 0 Å². The number of benzene rings is 2. The predicted octanol–water partition coefficient (Wildman–Crippen LogP) is 6.11. The molecule has 1 aromatic heterocycles. The van der Waals surface area contributed by atoms with E-state index >= 15 is 0 Å². The minimum atomic E-state index is -0.781. The average molecular weight is 452 g/mol. The van der Waals surface area contributed by atoms with Crippen molar-refractivity contribution in [2.24, 2.45) is 0 Å². The highest BCUT2D eigenvalue weighted by molar-refractivity contribution is 7.08. The number of hydrogen-bond donors (Lipinski definition) is 2. The van der Waals surface area contributed by atoms with Gasteiger partial charge in [-0.15, -0.1) is 0 Å². The van der Waals surface area contributed by atoms with Crippen molar-refractivity contribution in [2.45, 2.75) is 52.0 Å². The monoisotopic (exact) mass is 451 g/mol.